The van der Waals surface area contributed by atoms with Gasteiger partial charge >= 0.3 is 0 Å². The summed E-state index contributed by atoms with van der Waals surface area (Å²) in [5.74, 6) is -0.318. The zero-order valence-corrected chi connectivity index (χ0v) is 14.8. The maximum Gasteiger partial charge on any atom is 0.272 e. The van der Waals surface area contributed by atoms with Gasteiger partial charge in [-0.25, -0.2) is 4.68 Å². The molecule has 0 bridgehead atoms. The van der Waals surface area contributed by atoms with Gasteiger partial charge in [-0.1, -0.05) is 30.3 Å². The summed E-state index contributed by atoms with van der Waals surface area (Å²) >= 11 is 0. The van der Waals surface area contributed by atoms with Gasteiger partial charge in [0.2, 0.25) is 0 Å². The molecule has 0 saturated heterocycles. The second-order valence-corrected chi connectivity index (χ2v) is 5.97. The van der Waals surface area contributed by atoms with E-state index in [1.54, 1.807) is 7.11 Å². The Bertz CT molecular complexity index is 743. The first kappa shape index (κ1) is 18.8. The average molecular weight is 344 g/mol. The number of nitrogens with one attached hydrogen (secondary N) is 1. The molecule has 25 heavy (non-hydrogen) atoms. The fraction of sp³-hybridized carbons (Fsp3) is 0.389. The first-order valence-electron chi connectivity index (χ1n) is 8.09. The van der Waals surface area contributed by atoms with Crippen LogP contribution < -0.4 is 10.9 Å². The molecule has 2 rings (SSSR count). The number of carbonyl (C=O) groups excluding carboxylic acids is 1. The Morgan fingerprint density at radius 1 is 1.24 bits per heavy atom. The van der Waals surface area contributed by atoms with E-state index in [4.69, 9.17) is 4.74 Å². The molecule has 0 spiro atoms. The quantitative estimate of drug-likeness (QED) is 0.771. The fourth-order valence-corrected chi connectivity index (χ4v) is 2.43. The van der Waals surface area contributed by atoms with Gasteiger partial charge in [-0.3, -0.25) is 9.59 Å². The molecule has 1 aromatic carbocycles. The highest BCUT2D eigenvalue weighted by Crippen LogP contribution is 2.14. The minimum atomic E-state index is -0.318. The van der Waals surface area contributed by atoms with Crippen molar-refractivity contribution < 1.29 is 9.53 Å². The van der Waals surface area contributed by atoms with Crippen LogP contribution in [0.5, 0.6) is 0 Å². The van der Waals surface area contributed by atoms with Crippen molar-refractivity contribution in [3.63, 3.8) is 0 Å². The Morgan fingerprint density at radius 3 is 2.60 bits per heavy atom. The molecule has 0 aliphatic rings. The molecule has 1 heterocycles. The summed E-state index contributed by atoms with van der Waals surface area (Å²) in [7, 11) is 5.45. The topological polar surface area (TPSA) is 76.5 Å². The number of methoxy groups -OCH3 is 1. The molecule has 0 fully saturated rings. The van der Waals surface area contributed by atoms with Crippen molar-refractivity contribution >= 4 is 5.91 Å². The number of ether oxygens (including phenoxy) is 1. The van der Waals surface area contributed by atoms with Gasteiger partial charge in [-0.05, 0) is 25.7 Å². The van der Waals surface area contributed by atoms with Crippen LogP contribution in [0.25, 0.3) is 0 Å². The van der Waals surface area contributed by atoms with E-state index >= 15 is 0 Å². The number of nitrogens with zero attached hydrogens (tertiary/aromatic N) is 3. The largest absolute Gasteiger partial charge is 0.383 e. The predicted molar refractivity (Wildman–Crippen MR) is 95.6 cm³/mol. The number of aromatic nitrogens is 2. The van der Waals surface area contributed by atoms with Crippen molar-refractivity contribution in [3.05, 3.63) is 64.1 Å². The SMILES string of the molecule is COCCn1nc(C(=O)N[C@@H](CN(C)C)c2ccccc2)ccc1=O. The van der Waals surface area contributed by atoms with Crippen molar-refractivity contribution in [3.8, 4) is 0 Å². The van der Waals surface area contributed by atoms with Gasteiger partial charge in [0.15, 0.2) is 0 Å². The summed E-state index contributed by atoms with van der Waals surface area (Å²) < 4.78 is 6.20. The molecule has 134 valence electrons. The number of rotatable bonds is 8. The molecule has 0 aliphatic carbocycles. The summed E-state index contributed by atoms with van der Waals surface area (Å²) in [4.78, 5) is 26.4. The van der Waals surface area contributed by atoms with Gasteiger partial charge < -0.3 is 15.0 Å². The van der Waals surface area contributed by atoms with Crippen molar-refractivity contribution in [1.82, 2.24) is 20.0 Å². The van der Waals surface area contributed by atoms with E-state index in [9.17, 15) is 9.59 Å². The van der Waals surface area contributed by atoms with Crippen molar-refractivity contribution in [1.29, 1.82) is 0 Å². The lowest BCUT2D eigenvalue weighted by molar-refractivity contribution is 0.0921. The highest BCUT2D eigenvalue weighted by molar-refractivity contribution is 5.92. The maximum atomic E-state index is 12.6. The van der Waals surface area contributed by atoms with Crippen LogP contribution in [0.2, 0.25) is 0 Å². The third-order valence-corrected chi connectivity index (χ3v) is 3.66. The van der Waals surface area contributed by atoms with Crippen molar-refractivity contribution in [2.45, 2.75) is 12.6 Å². The molecule has 0 radical (unpaired) electrons. The van der Waals surface area contributed by atoms with Crippen LogP contribution in [0.4, 0.5) is 0 Å². The third-order valence-electron chi connectivity index (χ3n) is 3.66. The summed E-state index contributed by atoms with van der Waals surface area (Å²) in [5, 5.41) is 7.13. The Labute approximate surface area is 147 Å². The predicted octanol–water partition coefficient (Wildman–Crippen LogP) is 0.922. The standard InChI is InChI=1S/C18H24N4O3/c1-21(2)13-16(14-7-5-4-6-8-14)19-18(24)15-9-10-17(23)22(20-15)11-12-25-3/h4-10,16H,11-13H2,1-3H3,(H,19,24)/t16-/m0/s1. The number of likely N-dealkylation sites (N-methyl/N-ethyl adjacent to an activating group) is 1. The number of hydrogen-bond acceptors (Lipinski definition) is 5. The van der Waals surface area contributed by atoms with Crippen LogP contribution in [0, 0.1) is 0 Å². The van der Waals surface area contributed by atoms with Crippen LogP contribution in [0.1, 0.15) is 22.1 Å². The molecular weight excluding hydrogens is 320 g/mol. The first-order chi connectivity index (χ1) is 12.0. The lowest BCUT2D eigenvalue weighted by Gasteiger charge is -2.22. The van der Waals surface area contributed by atoms with Gasteiger partial charge in [-0.2, -0.15) is 5.10 Å². The summed E-state index contributed by atoms with van der Waals surface area (Å²) in [5.41, 5.74) is 0.953. The van der Waals surface area contributed by atoms with Gasteiger partial charge in [0.25, 0.3) is 11.5 Å². The highest BCUT2D eigenvalue weighted by atomic mass is 16.5. The second kappa shape index (κ2) is 9.10. The minimum absolute atomic E-state index is 0.176. The molecule has 0 aliphatic heterocycles. The van der Waals surface area contributed by atoms with Crippen LogP contribution in [-0.4, -0.2) is 54.9 Å². The minimum Gasteiger partial charge on any atom is -0.383 e. The zero-order chi connectivity index (χ0) is 18.2. The normalized spacial score (nSPS) is 12.2. The van der Waals surface area contributed by atoms with E-state index in [0.717, 1.165) is 5.56 Å². The van der Waals surface area contributed by atoms with Gasteiger partial charge in [0.05, 0.1) is 19.2 Å². The van der Waals surface area contributed by atoms with Crippen LogP contribution in [-0.2, 0) is 11.3 Å². The molecule has 1 amide bonds. The van der Waals surface area contributed by atoms with Crippen LogP contribution in [0.3, 0.4) is 0 Å². The van der Waals surface area contributed by atoms with Crippen molar-refractivity contribution in [2.24, 2.45) is 0 Å². The number of carbonyl (C=O) groups is 1. The molecule has 0 unspecified atom stereocenters. The van der Waals surface area contributed by atoms with E-state index in [1.165, 1.54) is 16.8 Å². The summed E-state index contributed by atoms with van der Waals surface area (Å²) in [6.07, 6.45) is 0. The number of amides is 1. The maximum absolute atomic E-state index is 12.6. The second-order valence-electron chi connectivity index (χ2n) is 5.97. The molecule has 1 N–H and O–H groups in total. The molecular formula is C18H24N4O3. The van der Waals surface area contributed by atoms with Gasteiger partial charge in [-0.15, -0.1) is 0 Å². The van der Waals surface area contributed by atoms with Crippen LogP contribution >= 0.6 is 0 Å². The Kier molecular flexibility index (Phi) is 6.85. The molecule has 0 saturated carbocycles. The first-order valence-corrected chi connectivity index (χ1v) is 8.09. The van der Waals surface area contributed by atoms with Crippen LogP contribution in [0.15, 0.2) is 47.3 Å². The third kappa shape index (κ3) is 5.51. The highest BCUT2D eigenvalue weighted by Gasteiger charge is 2.18. The number of hydrogen-bond donors (Lipinski definition) is 1. The molecule has 1 atom stereocenters. The molecule has 1 aromatic heterocycles. The molecule has 7 heteroatoms. The van der Waals surface area contributed by atoms with E-state index in [1.807, 2.05) is 49.3 Å². The van der Waals surface area contributed by atoms with E-state index in [-0.39, 0.29) is 23.2 Å². The van der Waals surface area contributed by atoms with Crippen molar-refractivity contribution in [2.75, 3.05) is 34.4 Å². The van der Waals surface area contributed by atoms with E-state index in [0.29, 0.717) is 19.7 Å². The zero-order valence-electron chi connectivity index (χ0n) is 14.8. The smallest absolute Gasteiger partial charge is 0.272 e. The summed E-state index contributed by atoms with van der Waals surface area (Å²) in [6, 6.07) is 12.4. The van der Waals surface area contributed by atoms with E-state index in [2.05, 4.69) is 10.4 Å². The van der Waals surface area contributed by atoms with Gasteiger partial charge in [0.1, 0.15) is 5.69 Å². The Hall–Kier alpha value is -2.51. The number of benzene rings is 1. The molecule has 7 nitrogen and oxygen atoms in total. The fourth-order valence-electron chi connectivity index (χ4n) is 2.43. The lowest BCUT2D eigenvalue weighted by Crippen LogP contribution is -2.37. The Balaban J connectivity index is 2.19. The van der Waals surface area contributed by atoms with Gasteiger partial charge in [0, 0.05) is 19.7 Å². The molecule has 2 aromatic rings. The average Bonchev–Trinajstić information content (AvgIpc) is 2.60. The summed E-state index contributed by atoms with van der Waals surface area (Å²) in [6.45, 7) is 1.31. The lowest BCUT2D eigenvalue weighted by atomic mass is 10.1. The van der Waals surface area contributed by atoms with E-state index < -0.39 is 0 Å². The Morgan fingerprint density at radius 2 is 1.96 bits per heavy atom. The monoisotopic (exact) mass is 344 g/mol.